The van der Waals surface area contributed by atoms with Crippen molar-refractivity contribution in [3.63, 3.8) is 0 Å². The van der Waals surface area contributed by atoms with Crippen LogP contribution in [0.15, 0.2) is 47.0 Å². The van der Waals surface area contributed by atoms with Gasteiger partial charge in [0.25, 0.3) is 5.91 Å². The Morgan fingerprint density at radius 1 is 1.11 bits per heavy atom. The lowest BCUT2D eigenvalue weighted by Crippen LogP contribution is -2.21. The number of aromatic nitrogens is 1. The van der Waals surface area contributed by atoms with Gasteiger partial charge in [0.05, 0.1) is 5.02 Å². The van der Waals surface area contributed by atoms with Crippen LogP contribution in [0.2, 0.25) is 15.1 Å². The number of nitrogens with zero attached hydrogens (tertiary/aromatic N) is 1. The molecule has 0 unspecified atom stereocenters. The molecule has 0 spiro atoms. The Labute approximate surface area is 175 Å². The molecule has 6 nitrogen and oxygen atoms in total. The van der Waals surface area contributed by atoms with Gasteiger partial charge in [-0.1, -0.05) is 58.2 Å². The summed E-state index contributed by atoms with van der Waals surface area (Å²) in [5.41, 5.74) is 1.25. The van der Waals surface area contributed by atoms with E-state index in [-0.39, 0.29) is 17.0 Å². The predicted octanol–water partition coefficient (Wildman–Crippen LogP) is 5.41. The number of carbonyl (C=O) groups is 2. The van der Waals surface area contributed by atoms with Crippen LogP contribution in [0.1, 0.15) is 16.1 Å². The van der Waals surface area contributed by atoms with E-state index in [4.69, 9.17) is 44.1 Å². The molecule has 0 saturated heterocycles. The molecule has 1 amide bonds. The van der Waals surface area contributed by atoms with Gasteiger partial charge in [-0.05, 0) is 31.2 Å². The number of aryl methyl sites for hydroxylation is 1. The van der Waals surface area contributed by atoms with Gasteiger partial charge in [0, 0.05) is 21.3 Å². The van der Waals surface area contributed by atoms with Gasteiger partial charge in [0.15, 0.2) is 6.61 Å². The number of esters is 1. The number of carbonyl (C=O) groups excluding carboxylic acids is 2. The van der Waals surface area contributed by atoms with Crippen molar-refractivity contribution in [1.82, 2.24) is 5.16 Å². The van der Waals surface area contributed by atoms with Crippen LogP contribution < -0.4 is 5.32 Å². The van der Waals surface area contributed by atoms with Crippen molar-refractivity contribution in [2.24, 2.45) is 0 Å². The third-order valence-electron chi connectivity index (χ3n) is 3.68. The maximum absolute atomic E-state index is 12.5. The maximum atomic E-state index is 12.5. The maximum Gasteiger partial charge on any atom is 0.344 e. The van der Waals surface area contributed by atoms with Gasteiger partial charge in [-0.25, -0.2) is 4.79 Å². The molecule has 1 heterocycles. The lowest BCUT2D eigenvalue weighted by molar-refractivity contribution is -0.119. The van der Waals surface area contributed by atoms with Crippen LogP contribution >= 0.6 is 34.8 Å². The first-order chi connectivity index (χ1) is 13.3. The molecule has 0 atom stereocenters. The van der Waals surface area contributed by atoms with Crippen LogP contribution in [-0.4, -0.2) is 23.6 Å². The first kappa shape index (κ1) is 20.2. The number of hydrogen-bond acceptors (Lipinski definition) is 5. The van der Waals surface area contributed by atoms with Crippen LogP contribution in [0, 0.1) is 6.92 Å². The smallest absolute Gasteiger partial charge is 0.344 e. The first-order valence-electron chi connectivity index (χ1n) is 7.99. The first-order valence-corrected chi connectivity index (χ1v) is 9.13. The van der Waals surface area contributed by atoms with Crippen LogP contribution in [0.5, 0.6) is 0 Å². The van der Waals surface area contributed by atoms with E-state index in [1.54, 1.807) is 31.2 Å². The highest BCUT2D eigenvalue weighted by Gasteiger charge is 2.24. The molecular weight excluding hydrogens is 427 g/mol. The number of benzene rings is 2. The molecule has 0 bridgehead atoms. The van der Waals surface area contributed by atoms with E-state index in [1.807, 2.05) is 0 Å². The Balaban J connectivity index is 1.71. The van der Waals surface area contributed by atoms with Crippen molar-refractivity contribution in [3.05, 3.63) is 68.9 Å². The van der Waals surface area contributed by atoms with E-state index in [2.05, 4.69) is 10.5 Å². The largest absolute Gasteiger partial charge is 0.452 e. The quantitative estimate of drug-likeness (QED) is 0.538. The van der Waals surface area contributed by atoms with Crippen molar-refractivity contribution >= 4 is 52.4 Å². The van der Waals surface area contributed by atoms with E-state index in [1.165, 1.54) is 18.2 Å². The van der Waals surface area contributed by atoms with E-state index in [0.717, 1.165) is 0 Å². The lowest BCUT2D eigenvalue weighted by Gasteiger charge is -2.08. The summed E-state index contributed by atoms with van der Waals surface area (Å²) in [4.78, 5) is 24.6. The predicted molar refractivity (Wildman–Crippen MR) is 107 cm³/mol. The fraction of sp³-hybridized carbons (Fsp3) is 0.105. The topological polar surface area (TPSA) is 81.4 Å². The molecule has 9 heteroatoms. The van der Waals surface area contributed by atoms with Crippen molar-refractivity contribution in [1.29, 1.82) is 0 Å². The van der Waals surface area contributed by atoms with Gasteiger partial charge in [-0.2, -0.15) is 0 Å². The van der Waals surface area contributed by atoms with Gasteiger partial charge in [-0.15, -0.1) is 0 Å². The van der Waals surface area contributed by atoms with Gasteiger partial charge in [-0.3, -0.25) is 4.79 Å². The minimum Gasteiger partial charge on any atom is -0.452 e. The molecule has 0 saturated carbocycles. The van der Waals surface area contributed by atoms with Gasteiger partial charge >= 0.3 is 5.97 Å². The number of hydrogen-bond donors (Lipinski definition) is 1. The van der Waals surface area contributed by atoms with Gasteiger partial charge < -0.3 is 14.6 Å². The fourth-order valence-corrected chi connectivity index (χ4v) is 3.23. The van der Waals surface area contributed by atoms with Gasteiger partial charge in [0.2, 0.25) is 0 Å². The molecule has 0 aliphatic rings. The third kappa shape index (κ3) is 4.65. The zero-order chi connectivity index (χ0) is 20.3. The summed E-state index contributed by atoms with van der Waals surface area (Å²) in [6.07, 6.45) is 0. The van der Waals surface area contributed by atoms with Crippen molar-refractivity contribution in [2.75, 3.05) is 11.9 Å². The number of ether oxygens (including phenoxy) is 1. The molecule has 1 N–H and O–H groups in total. The molecular formula is C19H13Cl3N2O4. The Kier molecular flexibility index (Phi) is 6.24. The summed E-state index contributed by atoms with van der Waals surface area (Å²) >= 11 is 17.9. The second-order valence-corrected chi connectivity index (χ2v) is 7.00. The van der Waals surface area contributed by atoms with Crippen molar-refractivity contribution in [3.8, 4) is 11.3 Å². The Bertz CT molecular complexity index is 1030. The third-order valence-corrected chi connectivity index (χ3v) is 4.44. The van der Waals surface area contributed by atoms with Crippen molar-refractivity contribution in [2.45, 2.75) is 6.92 Å². The molecule has 0 aliphatic heterocycles. The molecule has 0 aliphatic carbocycles. The summed E-state index contributed by atoms with van der Waals surface area (Å²) in [5, 5.41) is 7.57. The highest BCUT2D eigenvalue weighted by molar-refractivity contribution is 6.35. The number of amides is 1. The number of anilines is 1. The minimum absolute atomic E-state index is 0.103. The molecule has 2 aromatic carbocycles. The molecule has 28 heavy (non-hydrogen) atoms. The Morgan fingerprint density at radius 2 is 1.79 bits per heavy atom. The zero-order valence-electron chi connectivity index (χ0n) is 14.5. The average molecular weight is 440 g/mol. The number of nitrogens with one attached hydrogen (secondary N) is 1. The van der Waals surface area contributed by atoms with E-state index < -0.39 is 18.5 Å². The average Bonchev–Trinajstić information content (AvgIpc) is 3.00. The second kappa shape index (κ2) is 8.65. The van der Waals surface area contributed by atoms with Crippen LogP contribution in [0.3, 0.4) is 0 Å². The van der Waals surface area contributed by atoms with Crippen LogP contribution in [0.25, 0.3) is 11.3 Å². The highest BCUT2D eigenvalue weighted by atomic mass is 35.5. The molecule has 0 fully saturated rings. The Morgan fingerprint density at radius 3 is 2.46 bits per heavy atom. The van der Waals surface area contributed by atoms with Crippen LogP contribution in [0.4, 0.5) is 5.69 Å². The summed E-state index contributed by atoms with van der Waals surface area (Å²) in [6.45, 7) is 1.05. The van der Waals surface area contributed by atoms with Crippen molar-refractivity contribution < 1.29 is 18.8 Å². The molecule has 1 aromatic heterocycles. The standard InChI is InChI=1S/C19H13Cl3N2O4/c1-10-17(18(24-28-10)14-4-2-3-5-15(14)22)19(26)27-9-16(25)23-13-7-11(20)6-12(21)8-13/h2-8H,9H2,1H3,(H,23,25). The van der Waals surface area contributed by atoms with E-state index in [9.17, 15) is 9.59 Å². The number of rotatable bonds is 5. The second-order valence-electron chi connectivity index (χ2n) is 5.72. The zero-order valence-corrected chi connectivity index (χ0v) is 16.7. The summed E-state index contributed by atoms with van der Waals surface area (Å²) in [5.74, 6) is -1.06. The molecule has 3 rings (SSSR count). The SMILES string of the molecule is Cc1onc(-c2ccccc2Cl)c1C(=O)OCC(=O)Nc1cc(Cl)cc(Cl)c1. The Hall–Kier alpha value is -2.54. The molecule has 144 valence electrons. The van der Waals surface area contributed by atoms with E-state index in [0.29, 0.717) is 26.3 Å². The normalized spacial score (nSPS) is 10.6. The summed E-state index contributed by atoms with van der Waals surface area (Å²) in [7, 11) is 0. The fourth-order valence-electron chi connectivity index (χ4n) is 2.48. The number of halogens is 3. The summed E-state index contributed by atoms with van der Waals surface area (Å²) in [6, 6.07) is 11.4. The minimum atomic E-state index is -0.757. The van der Waals surface area contributed by atoms with Crippen LogP contribution in [-0.2, 0) is 9.53 Å². The van der Waals surface area contributed by atoms with E-state index >= 15 is 0 Å². The molecule has 0 radical (unpaired) electrons. The highest BCUT2D eigenvalue weighted by Crippen LogP contribution is 2.31. The monoisotopic (exact) mass is 438 g/mol. The molecule has 3 aromatic rings. The summed E-state index contributed by atoms with van der Waals surface area (Å²) < 4.78 is 10.2. The lowest BCUT2D eigenvalue weighted by atomic mass is 10.1. The van der Waals surface area contributed by atoms with Gasteiger partial charge in [0.1, 0.15) is 17.0 Å².